The van der Waals surface area contributed by atoms with E-state index in [2.05, 4.69) is 27.4 Å². The predicted octanol–water partition coefficient (Wildman–Crippen LogP) is 6.21. The second-order valence-corrected chi connectivity index (χ2v) is 7.25. The van der Waals surface area contributed by atoms with Gasteiger partial charge in [0.15, 0.2) is 5.58 Å². The molecular formula is C27H19N3O2. The number of fused-ring (bicyclic) bond motifs is 1. The summed E-state index contributed by atoms with van der Waals surface area (Å²) >= 11 is 0. The molecule has 2 aromatic heterocycles. The van der Waals surface area contributed by atoms with Crippen molar-refractivity contribution in [3.05, 3.63) is 109 Å². The van der Waals surface area contributed by atoms with E-state index in [-0.39, 0.29) is 5.91 Å². The Morgan fingerprint density at radius 2 is 1.56 bits per heavy atom. The first-order valence-electron chi connectivity index (χ1n) is 10.2. The number of nitrogens with one attached hydrogen (secondary N) is 1. The molecule has 0 fully saturated rings. The minimum absolute atomic E-state index is 0.217. The summed E-state index contributed by atoms with van der Waals surface area (Å²) in [6, 6.07) is 27.3. The number of pyridine rings is 1. The van der Waals surface area contributed by atoms with Gasteiger partial charge in [0.05, 0.1) is 0 Å². The van der Waals surface area contributed by atoms with E-state index in [1.165, 1.54) is 6.08 Å². The number of nitrogens with zero attached hydrogens (tertiary/aromatic N) is 2. The van der Waals surface area contributed by atoms with Gasteiger partial charge in [-0.05, 0) is 47.0 Å². The first kappa shape index (κ1) is 19.5. The lowest BCUT2D eigenvalue weighted by Crippen LogP contribution is -2.07. The van der Waals surface area contributed by atoms with E-state index in [9.17, 15) is 4.79 Å². The van der Waals surface area contributed by atoms with Crippen molar-refractivity contribution in [1.29, 1.82) is 0 Å². The maximum absolute atomic E-state index is 12.4. The molecule has 0 atom stereocenters. The summed E-state index contributed by atoms with van der Waals surface area (Å²) in [5.41, 5.74) is 6.08. The van der Waals surface area contributed by atoms with Gasteiger partial charge in [-0.1, -0.05) is 54.6 Å². The van der Waals surface area contributed by atoms with Gasteiger partial charge in [-0.2, -0.15) is 0 Å². The average molecular weight is 417 g/mol. The molecule has 5 nitrogen and oxygen atoms in total. The number of oxazole rings is 1. The number of aromatic nitrogens is 2. The Bertz CT molecular complexity index is 1390. The van der Waals surface area contributed by atoms with Gasteiger partial charge in [-0.25, -0.2) is 4.98 Å². The van der Waals surface area contributed by atoms with Crippen LogP contribution in [0.2, 0.25) is 0 Å². The van der Waals surface area contributed by atoms with Crippen molar-refractivity contribution in [3.63, 3.8) is 0 Å². The summed E-state index contributed by atoms with van der Waals surface area (Å²) < 4.78 is 5.85. The average Bonchev–Trinajstić information content (AvgIpc) is 3.28. The molecule has 32 heavy (non-hydrogen) atoms. The fourth-order valence-electron chi connectivity index (χ4n) is 3.39. The van der Waals surface area contributed by atoms with Crippen molar-refractivity contribution in [2.45, 2.75) is 0 Å². The Labute approximate surface area is 185 Å². The van der Waals surface area contributed by atoms with Crippen LogP contribution in [0.5, 0.6) is 0 Å². The zero-order valence-corrected chi connectivity index (χ0v) is 17.1. The van der Waals surface area contributed by atoms with Crippen LogP contribution in [-0.4, -0.2) is 15.9 Å². The number of rotatable bonds is 5. The van der Waals surface area contributed by atoms with Crippen LogP contribution >= 0.6 is 0 Å². The molecule has 5 rings (SSSR count). The third-order valence-electron chi connectivity index (χ3n) is 5.03. The Balaban J connectivity index is 1.27. The SMILES string of the molecule is O=C(/C=C/c1ccc(-c2ccccc2)cc1)Nc1ccc2nc(-c3ccncc3)oc2c1. The quantitative estimate of drug-likeness (QED) is 0.345. The second-order valence-electron chi connectivity index (χ2n) is 7.25. The highest BCUT2D eigenvalue weighted by Gasteiger charge is 2.09. The van der Waals surface area contributed by atoms with Crippen LogP contribution in [0.1, 0.15) is 5.56 Å². The molecule has 1 N–H and O–H groups in total. The number of benzene rings is 3. The Kier molecular flexibility index (Phi) is 5.29. The molecule has 0 aliphatic carbocycles. The van der Waals surface area contributed by atoms with Gasteiger partial charge in [0.2, 0.25) is 11.8 Å². The molecule has 0 unspecified atom stereocenters. The molecule has 5 heteroatoms. The van der Waals surface area contributed by atoms with Gasteiger partial charge in [-0.15, -0.1) is 0 Å². The van der Waals surface area contributed by atoms with Crippen molar-refractivity contribution < 1.29 is 9.21 Å². The third-order valence-corrected chi connectivity index (χ3v) is 5.03. The highest BCUT2D eigenvalue weighted by molar-refractivity contribution is 6.02. The molecule has 0 saturated heterocycles. The van der Waals surface area contributed by atoms with E-state index >= 15 is 0 Å². The number of carbonyl (C=O) groups excluding carboxylic acids is 1. The van der Waals surface area contributed by atoms with Crippen molar-refractivity contribution >= 4 is 28.8 Å². The van der Waals surface area contributed by atoms with E-state index in [0.29, 0.717) is 17.2 Å². The number of hydrogen-bond donors (Lipinski definition) is 1. The van der Waals surface area contributed by atoms with E-state index < -0.39 is 0 Å². The number of carbonyl (C=O) groups is 1. The third kappa shape index (κ3) is 4.32. The molecule has 0 radical (unpaired) electrons. The summed E-state index contributed by atoms with van der Waals surface area (Å²) in [7, 11) is 0. The number of hydrogen-bond acceptors (Lipinski definition) is 4. The Hall–Kier alpha value is -4.51. The lowest BCUT2D eigenvalue weighted by atomic mass is 10.0. The highest BCUT2D eigenvalue weighted by Crippen LogP contribution is 2.26. The predicted molar refractivity (Wildman–Crippen MR) is 127 cm³/mol. The standard InChI is InChI=1S/C27H19N3O2/c31-26(13-8-19-6-9-21(10-7-19)20-4-2-1-3-5-20)29-23-11-12-24-25(18-23)32-27(30-24)22-14-16-28-17-15-22/h1-18H,(H,29,31)/b13-8+. The smallest absolute Gasteiger partial charge is 0.248 e. The minimum atomic E-state index is -0.217. The van der Waals surface area contributed by atoms with Crippen LogP contribution in [0.4, 0.5) is 5.69 Å². The molecule has 0 aliphatic rings. The Morgan fingerprint density at radius 3 is 2.34 bits per heavy atom. The molecule has 3 aromatic carbocycles. The second kappa shape index (κ2) is 8.70. The van der Waals surface area contributed by atoms with E-state index in [1.54, 1.807) is 24.5 Å². The number of amides is 1. The van der Waals surface area contributed by atoms with Crippen LogP contribution in [0.25, 0.3) is 39.8 Å². The minimum Gasteiger partial charge on any atom is -0.436 e. The van der Waals surface area contributed by atoms with Gasteiger partial charge < -0.3 is 9.73 Å². The van der Waals surface area contributed by atoms with Gasteiger partial charge in [-0.3, -0.25) is 9.78 Å². The fourth-order valence-corrected chi connectivity index (χ4v) is 3.39. The zero-order chi connectivity index (χ0) is 21.8. The summed E-state index contributed by atoms with van der Waals surface area (Å²) in [6.45, 7) is 0. The summed E-state index contributed by atoms with van der Waals surface area (Å²) in [6.07, 6.45) is 6.69. The molecule has 0 spiro atoms. The maximum Gasteiger partial charge on any atom is 0.248 e. The first-order valence-corrected chi connectivity index (χ1v) is 10.2. The fraction of sp³-hybridized carbons (Fsp3) is 0. The summed E-state index contributed by atoms with van der Waals surface area (Å²) in [5.74, 6) is 0.301. The normalized spacial score (nSPS) is 11.1. The maximum atomic E-state index is 12.4. The summed E-state index contributed by atoms with van der Waals surface area (Å²) in [5, 5.41) is 2.87. The van der Waals surface area contributed by atoms with Crippen molar-refractivity contribution in [3.8, 4) is 22.6 Å². The van der Waals surface area contributed by atoms with Gasteiger partial charge in [0.25, 0.3) is 0 Å². The molecule has 154 valence electrons. The van der Waals surface area contributed by atoms with Crippen LogP contribution in [0, 0.1) is 0 Å². The van der Waals surface area contributed by atoms with E-state index in [1.807, 2.05) is 66.7 Å². The van der Waals surface area contributed by atoms with Crippen molar-refractivity contribution in [1.82, 2.24) is 9.97 Å². The molecule has 5 aromatic rings. The van der Waals surface area contributed by atoms with Crippen molar-refractivity contribution in [2.75, 3.05) is 5.32 Å². The number of anilines is 1. The zero-order valence-electron chi connectivity index (χ0n) is 17.1. The lowest BCUT2D eigenvalue weighted by Gasteiger charge is -2.03. The van der Waals surface area contributed by atoms with Crippen LogP contribution in [0.3, 0.4) is 0 Å². The first-order chi connectivity index (χ1) is 15.7. The largest absolute Gasteiger partial charge is 0.436 e. The molecule has 1 amide bonds. The van der Waals surface area contributed by atoms with Crippen LogP contribution in [-0.2, 0) is 4.79 Å². The monoisotopic (exact) mass is 417 g/mol. The topological polar surface area (TPSA) is 68.0 Å². The molecule has 2 heterocycles. The molecular weight excluding hydrogens is 398 g/mol. The molecule has 0 bridgehead atoms. The van der Waals surface area contributed by atoms with Crippen LogP contribution in [0.15, 0.2) is 108 Å². The van der Waals surface area contributed by atoms with Gasteiger partial charge in [0.1, 0.15) is 5.52 Å². The summed E-state index contributed by atoms with van der Waals surface area (Å²) in [4.78, 5) is 20.9. The van der Waals surface area contributed by atoms with E-state index in [4.69, 9.17) is 4.42 Å². The van der Waals surface area contributed by atoms with Crippen LogP contribution < -0.4 is 5.32 Å². The Morgan fingerprint density at radius 1 is 0.812 bits per heavy atom. The highest BCUT2D eigenvalue weighted by atomic mass is 16.3. The van der Waals surface area contributed by atoms with Gasteiger partial charge in [0, 0.05) is 35.8 Å². The lowest BCUT2D eigenvalue weighted by molar-refractivity contribution is -0.111. The van der Waals surface area contributed by atoms with Gasteiger partial charge >= 0.3 is 0 Å². The van der Waals surface area contributed by atoms with E-state index in [0.717, 1.165) is 27.8 Å². The molecule has 0 aliphatic heterocycles. The molecule has 0 saturated carbocycles. The van der Waals surface area contributed by atoms with Crippen molar-refractivity contribution in [2.24, 2.45) is 0 Å².